The zero-order valence-corrected chi connectivity index (χ0v) is 7.63. The number of carbonyl (C=O) groups is 1. The molecule has 0 aromatic rings. The number of carbonyl (C=O) groups excluding carboxylic acids is 1. The normalized spacial score (nSPS) is 9.36. The fraction of sp³-hybridized carbons (Fsp3) is 0.875. The Kier molecular flexibility index (Phi) is 5.61. The maximum absolute atomic E-state index is 11.0. The van der Waals surface area contributed by atoms with Gasteiger partial charge in [-0.05, 0) is 13.3 Å². The Balaban J connectivity index is 3.46. The van der Waals surface area contributed by atoms with Crippen LogP contribution in [0.15, 0.2) is 0 Å². The van der Waals surface area contributed by atoms with Crippen LogP contribution in [0.1, 0.15) is 26.7 Å². The number of rotatable bonds is 4. The summed E-state index contributed by atoms with van der Waals surface area (Å²) in [4.78, 5) is 12.7. The molecule has 0 heterocycles. The van der Waals surface area contributed by atoms with Crippen LogP contribution in [-0.4, -0.2) is 31.1 Å². The summed E-state index contributed by atoms with van der Waals surface area (Å²) in [5, 5.41) is 3.76. The molecule has 65 valence electrons. The predicted molar refractivity (Wildman–Crippen MR) is 45.6 cm³/mol. The van der Waals surface area contributed by atoms with Crippen molar-refractivity contribution in [3.8, 4) is 0 Å². The van der Waals surface area contributed by atoms with Gasteiger partial charge in [0.05, 0.1) is 0 Å². The summed E-state index contributed by atoms with van der Waals surface area (Å²) >= 11 is 0. The Hall–Kier alpha value is -0.730. The average Bonchev–Trinajstić information content (AvgIpc) is 2.00. The maximum Gasteiger partial charge on any atom is 0.338 e. The first-order valence-corrected chi connectivity index (χ1v) is 4.15. The highest BCUT2D eigenvalue weighted by Crippen LogP contribution is 1.92. The second-order valence-electron chi connectivity index (χ2n) is 2.53. The van der Waals surface area contributed by atoms with Crippen LogP contribution in [0.3, 0.4) is 0 Å². The van der Waals surface area contributed by atoms with Crippen molar-refractivity contribution in [2.24, 2.45) is 0 Å². The van der Waals surface area contributed by atoms with Gasteiger partial charge >= 0.3 is 6.03 Å². The van der Waals surface area contributed by atoms with Crippen molar-refractivity contribution >= 4 is 6.03 Å². The second kappa shape index (κ2) is 6.01. The highest BCUT2D eigenvalue weighted by molar-refractivity contribution is 5.73. The molecule has 0 saturated carbocycles. The van der Waals surface area contributed by atoms with E-state index >= 15 is 0 Å². The quantitative estimate of drug-likeness (QED) is 0.608. The third kappa shape index (κ3) is 4.65. The van der Waals surface area contributed by atoms with Crippen LogP contribution in [0.25, 0.3) is 0 Å². The number of hydrogen-bond acceptors (Lipinski definition) is 1. The van der Waals surface area contributed by atoms with E-state index in [1.807, 2.05) is 6.92 Å². The van der Waals surface area contributed by atoms with Crippen molar-refractivity contribution in [3.05, 3.63) is 0 Å². The molecule has 0 aromatic heterocycles. The molecule has 0 bridgehead atoms. The molecule has 11 heavy (non-hydrogen) atoms. The highest BCUT2D eigenvalue weighted by Gasteiger charge is 2.05. The average molecular weight is 157 g/mol. The summed E-state index contributed by atoms with van der Waals surface area (Å²) in [6, 6.07) is -0.0963. The van der Waals surface area contributed by atoms with E-state index in [-0.39, 0.29) is 6.03 Å². The van der Waals surface area contributed by atoms with E-state index < -0.39 is 0 Å². The summed E-state index contributed by atoms with van der Waals surface area (Å²) in [6.45, 7) is 5.37. The summed E-state index contributed by atoms with van der Waals surface area (Å²) in [7, 11) is 1.79. The summed E-state index contributed by atoms with van der Waals surface area (Å²) in [5.74, 6) is 0. The first-order chi connectivity index (χ1) is 5.22. The van der Waals surface area contributed by atoms with Gasteiger partial charge in [0.25, 0.3) is 0 Å². The fourth-order valence-corrected chi connectivity index (χ4v) is 0.747. The molecule has 0 spiro atoms. The Labute approximate surface area is 68.8 Å². The molecular formula is C8H17N2O. The molecule has 0 unspecified atom stereocenters. The molecule has 2 amide bonds. The first-order valence-electron chi connectivity index (χ1n) is 4.15. The number of hydrogen-bond donors (Lipinski definition) is 0. The number of urea groups is 1. The Morgan fingerprint density at radius 1 is 1.45 bits per heavy atom. The van der Waals surface area contributed by atoms with E-state index in [1.165, 1.54) is 0 Å². The lowest BCUT2D eigenvalue weighted by Crippen LogP contribution is -2.33. The smallest absolute Gasteiger partial charge is 0.326 e. The van der Waals surface area contributed by atoms with E-state index in [1.54, 1.807) is 11.9 Å². The van der Waals surface area contributed by atoms with Gasteiger partial charge in [0.2, 0.25) is 0 Å². The van der Waals surface area contributed by atoms with Crippen molar-refractivity contribution in [1.82, 2.24) is 10.2 Å². The van der Waals surface area contributed by atoms with Gasteiger partial charge in [-0.1, -0.05) is 13.3 Å². The molecule has 0 saturated heterocycles. The van der Waals surface area contributed by atoms with Gasteiger partial charge in [-0.2, -0.15) is 0 Å². The molecular weight excluding hydrogens is 140 g/mol. The second-order valence-corrected chi connectivity index (χ2v) is 2.53. The molecule has 0 N–H and O–H groups in total. The highest BCUT2D eigenvalue weighted by atomic mass is 16.2. The van der Waals surface area contributed by atoms with Crippen LogP contribution in [0.4, 0.5) is 4.79 Å². The molecule has 0 aliphatic carbocycles. The molecule has 0 aliphatic heterocycles. The van der Waals surface area contributed by atoms with Crippen molar-refractivity contribution < 1.29 is 4.79 Å². The lowest BCUT2D eigenvalue weighted by atomic mass is 10.3. The monoisotopic (exact) mass is 157 g/mol. The predicted octanol–water partition coefficient (Wildman–Crippen LogP) is 1.46. The van der Waals surface area contributed by atoms with Crippen LogP contribution >= 0.6 is 0 Å². The summed E-state index contributed by atoms with van der Waals surface area (Å²) < 4.78 is 0. The van der Waals surface area contributed by atoms with E-state index in [2.05, 4.69) is 12.2 Å². The van der Waals surface area contributed by atoms with Gasteiger partial charge < -0.3 is 4.90 Å². The van der Waals surface area contributed by atoms with Crippen molar-refractivity contribution in [3.63, 3.8) is 0 Å². The largest absolute Gasteiger partial charge is 0.338 e. The van der Waals surface area contributed by atoms with E-state index in [4.69, 9.17) is 0 Å². The Morgan fingerprint density at radius 3 is 2.55 bits per heavy atom. The zero-order chi connectivity index (χ0) is 8.69. The van der Waals surface area contributed by atoms with Gasteiger partial charge in [-0.15, -0.1) is 0 Å². The van der Waals surface area contributed by atoms with Crippen LogP contribution in [0.2, 0.25) is 0 Å². The molecule has 0 aliphatic rings. The van der Waals surface area contributed by atoms with Gasteiger partial charge in [0.1, 0.15) is 0 Å². The summed E-state index contributed by atoms with van der Waals surface area (Å²) in [6.07, 6.45) is 2.17. The minimum atomic E-state index is -0.0963. The fourth-order valence-electron chi connectivity index (χ4n) is 0.747. The van der Waals surface area contributed by atoms with Crippen LogP contribution in [0, 0.1) is 0 Å². The lowest BCUT2D eigenvalue weighted by molar-refractivity contribution is 0.208. The SMILES string of the molecule is CCCCN(C)C(=O)[N]CC. The molecule has 0 fully saturated rings. The zero-order valence-electron chi connectivity index (χ0n) is 7.63. The van der Waals surface area contributed by atoms with Crippen molar-refractivity contribution in [2.45, 2.75) is 26.7 Å². The van der Waals surface area contributed by atoms with Crippen LogP contribution in [0.5, 0.6) is 0 Å². The topological polar surface area (TPSA) is 34.4 Å². The van der Waals surface area contributed by atoms with Gasteiger partial charge in [-0.25, -0.2) is 10.1 Å². The summed E-state index contributed by atoms with van der Waals surface area (Å²) in [5.41, 5.74) is 0. The maximum atomic E-state index is 11.0. The van der Waals surface area contributed by atoms with Gasteiger partial charge in [-0.3, -0.25) is 0 Å². The van der Waals surface area contributed by atoms with E-state index in [0.717, 1.165) is 19.4 Å². The Bertz CT molecular complexity index is 115. The third-order valence-electron chi connectivity index (χ3n) is 1.47. The minimum Gasteiger partial charge on any atom is -0.326 e. The molecule has 0 atom stereocenters. The minimum absolute atomic E-state index is 0.0963. The molecule has 3 nitrogen and oxygen atoms in total. The van der Waals surface area contributed by atoms with E-state index in [0.29, 0.717) is 6.54 Å². The van der Waals surface area contributed by atoms with Crippen LogP contribution < -0.4 is 5.32 Å². The third-order valence-corrected chi connectivity index (χ3v) is 1.47. The molecule has 3 heteroatoms. The Morgan fingerprint density at radius 2 is 2.09 bits per heavy atom. The standard InChI is InChI=1S/C8H17N2O/c1-4-6-7-10(3)8(11)9-5-2/h4-7H2,1-3H3. The molecule has 1 radical (unpaired) electrons. The van der Waals surface area contributed by atoms with Gasteiger partial charge in [0, 0.05) is 20.1 Å². The molecule has 0 aromatic carbocycles. The molecule has 0 rings (SSSR count). The van der Waals surface area contributed by atoms with E-state index in [9.17, 15) is 4.79 Å². The lowest BCUT2D eigenvalue weighted by Gasteiger charge is -2.14. The van der Waals surface area contributed by atoms with Crippen LogP contribution in [-0.2, 0) is 0 Å². The number of amides is 2. The first kappa shape index (κ1) is 10.3. The number of unbranched alkanes of at least 4 members (excludes halogenated alkanes) is 1. The van der Waals surface area contributed by atoms with Crippen molar-refractivity contribution in [1.29, 1.82) is 0 Å². The van der Waals surface area contributed by atoms with Crippen molar-refractivity contribution in [2.75, 3.05) is 20.1 Å². The van der Waals surface area contributed by atoms with Gasteiger partial charge in [0.15, 0.2) is 0 Å². The number of nitrogens with zero attached hydrogens (tertiary/aromatic N) is 2.